The number of carboxylic acids is 1. The van der Waals surface area contributed by atoms with Gasteiger partial charge in [-0.05, 0) is 18.4 Å². The summed E-state index contributed by atoms with van der Waals surface area (Å²) < 4.78 is 10.5. The quantitative estimate of drug-likeness (QED) is 0.776. The second-order valence-corrected chi connectivity index (χ2v) is 3.97. The minimum atomic E-state index is -0.978. The molecule has 4 heteroatoms. The molecule has 0 aliphatic rings. The van der Waals surface area contributed by atoms with Crippen molar-refractivity contribution in [2.24, 2.45) is 5.92 Å². The molecular formula is C12H18O4. The monoisotopic (exact) mass is 226 g/mol. The molecule has 0 spiro atoms. The lowest BCUT2D eigenvalue weighted by molar-refractivity contribution is 0.0651. The molecule has 4 nitrogen and oxygen atoms in total. The van der Waals surface area contributed by atoms with E-state index in [2.05, 4.69) is 13.8 Å². The number of carboxylic acid groups (broad SMARTS) is 1. The number of aromatic carboxylic acids is 1. The highest BCUT2D eigenvalue weighted by molar-refractivity contribution is 5.88. The molecule has 1 aromatic heterocycles. The molecule has 1 unspecified atom stereocenters. The highest BCUT2D eigenvalue weighted by Gasteiger charge is 2.13. The molecule has 0 fully saturated rings. The molecule has 0 radical (unpaired) electrons. The average Bonchev–Trinajstić information content (AvgIpc) is 2.66. The summed E-state index contributed by atoms with van der Waals surface area (Å²) in [4.78, 5) is 10.8. The van der Waals surface area contributed by atoms with E-state index >= 15 is 0 Å². The molecule has 90 valence electrons. The second-order valence-electron chi connectivity index (χ2n) is 3.97. The minimum absolute atomic E-state index is 0.183. The summed E-state index contributed by atoms with van der Waals surface area (Å²) in [6.07, 6.45) is 3.62. The van der Waals surface area contributed by atoms with Gasteiger partial charge in [-0.2, -0.15) is 0 Å². The normalized spacial score (nSPS) is 12.6. The van der Waals surface area contributed by atoms with Crippen molar-refractivity contribution in [3.63, 3.8) is 0 Å². The summed E-state index contributed by atoms with van der Waals surface area (Å²) in [7, 11) is 0. The molecule has 1 N–H and O–H groups in total. The van der Waals surface area contributed by atoms with E-state index < -0.39 is 5.97 Å². The standard InChI is InChI=1S/C12H18O4/c1-3-4-9(2)7-15-8-11-10(12(13)14)5-6-16-11/h5-6,9H,3-4,7-8H2,1-2H3,(H,13,14). The highest BCUT2D eigenvalue weighted by Crippen LogP contribution is 2.13. The molecule has 1 heterocycles. The first-order chi connectivity index (χ1) is 7.65. The molecule has 0 aliphatic carbocycles. The van der Waals surface area contributed by atoms with Gasteiger partial charge in [0.2, 0.25) is 0 Å². The van der Waals surface area contributed by atoms with Gasteiger partial charge in [-0.15, -0.1) is 0 Å². The molecule has 0 aliphatic heterocycles. The number of furan rings is 1. The fourth-order valence-corrected chi connectivity index (χ4v) is 1.57. The Morgan fingerprint density at radius 3 is 3.00 bits per heavy atom. The van der Waals surface area contributed by atoms with Crippen molar-refractivity contribution >= 4 is 5.97 Å². The van der Waals surface area contributed by atoms with Crippen LogP contribution in [0.3, 0.4) is 0 Å². The number of ether oxygens (including phenoxy) is 1. The Labute approximate surface area is 95.2 Å². The highest BCUT2D eigenvalue weighted by atomic mass is 16.5. The Morgan fingerprint density at radius 1 is 1.62 bits per heavy atom. The van der Waals surface area contributed by atoms with Gasteiger partial charge in [0.1, 0.15) is 17.9 Å². The van der Waals surface area contributed by atoms with Gasteiger partial charge in [-0.25, -0.2) is 4.79 Å². The molecule has 0 aromatic carbocycles. The topological polar surface area (TPSA) is 59.7 Å². The third-order valence-electron chi connectivity index (χ3n) is 2.39. The second kappa shape index (κ2) is 6.33. The Hall–Kier alpha value is -1.29. The molecule has 1 atom stereocenters. The van der Waals surface area contributed by atoms with E-state index in [-0.39, 0.29) is 12.2 Å². The Morgan fingerprint density at radius 2 is 2.38 bits per heavy atom. The Bertz CT molecular complexity index is 330. The Kier molecular flexibility index (Phi) is 5.05. The summed E-state index contributed by atoms with van der Waals surface area (Å²) in [5, 5.41) is 8.83. The van der Waals surface area contributed by atoms with E-state index in [0.29, 0.717) is 18.3 Å². The number of hydrogen-bond acceptors (Lipinski definition) is 3. The average molecular weight is 226 g/mol. The van der Waals surface area contributed by atoms with Crippen molar-refractivity contribution in [3.05, 3.63) is 23.7 Å². The van der Waals surface area contributed by atoms with Gasteiger partial charge in [0, 0.05) is 6.61 Å². The molecule has 0 bridgehead atoms. The summed E-state index contributed by atoms with van der Waals surface area (Å²) >= 11 is 0. The molecule has 1 rings (SSSR count). The maximum Gasteiger partial charge on any atom is 0.339 e. The summed E-state index contributed by atoms with van der Waals surface area (Å²) in [5.74, 6) is -0.0987. The van der Waals surface area contributed by atoms with E-state index in [9.17, 15) is 4.79 Å². The van der Waals surface area contributed by atoms with Crippen LogP contribution in [0.1, 0.15) is 42.8 Å². The van der Waals surface area contributed by atoms with Crippen molar-refractivity contribution < 1.29 is 19.1 Å². The number of rotatable bonds is 7. The van der Waals surface area contributed by atoms with Gasteiger partial charge in [-0.3, -0.25) is 0 Å². The van der Waals surface area contributed by atoms with Crippen LogP contribution in [-0.4, -0.2) is 17.7 Å². The first-order valence-electron chi connectivity index (χ1n) is 5.52. The fourth-order valence-electron chi connectivity index (χ4n) is 1.57. The van der Waals surface area contributed by atoms with Crippen LogP contribution < -0.4 is 0 Å². The van der Waals surface area contributed by atoms with Crippen LogP contribution in [-0.2, 0) is 11.3 Å². The third-order valence-corrected chi connectivity index (χ3v) is 2.39. The van der Waals surface area contributed by atoms with Crippen LogP contribution in [0.2, 0.25) is 0 Å². The fraction of sp³-hybridized carbons (Fsp3) is 0.583. The van der Waals surface area contributed by atoms with E-state index in [1.807, 2.05) is 0 Å². The van der Waals surface area contributed by atoms with Crippen molar-refractivity contribution in [3.8, 4) is 0 Å². The van der Waals surface area contributed by atoms with E-state index in [1.54, 1.807) is 0 Å². The maximum absolute atomic E-state index is 10.8. The molecule has 0 saturated carbocycles. The molecule has 16 heavy (non-hydrogen) atoms. The largest absolute Gasteiger partial charge is 0.478 e. The summed E-state index contributed by atoms with van der Waals surface area (Å²) in [6, 6.07) is 1.44. The minimum Gasteiger partial charge on any atom is -0.478 e. The van der Waals surface area contributed by atoms with E-state index in [1.165, 1.54) is 12.3 Å². The van der Waals surface area contributed by atoms with E-state index in [4.69, 9.17) is 14.3 Å². The van der Waals surface area contributed by atoms with E-state index in [0.717, 1.165) is 12.8 Å². The van der Waals surface area contributed by atoms with Crippen LogP contribution in [0, 0.1) is 5.92 Å². The predicted octanol–water partition coefficient (Wildman–Crippen LogP) is 2.93. The van der Waals surface area contributed by atoms with Crippen molar-refractivity contribution in [2.75, 3.05) is 6.61 Å². The third kappa shape index (κ3) is 3.70. The van der Waals surface area contributed by atoms with Crippen molar-refractivity contribution in [2.45, 2.75) is 33.3 Å². The Balaban J connectivity index is 2.37. The van der Waals surface area contributed by atoms with Gasteiger partial charge in [0.15, 0.2) is 0 Å². The number of carbonyl (C=O) groups is 1. The zero-order valence-electron chi connectivity index (χ0n) is 9.73. The van der Waals surface area contributed by atoms with Gasteiger partial charge in [-0.1, -0.05) is 20.3 Å². The SMILES string of the molecule is CCCC(C)COCc1occc1C(=O)O. The van der Waals surface area contributed by atoms with Crippen LogP contribution >= 0.6 is 0 Å². The van der Waals surface area contributed by atoms with Crippen LogP contribution in [0.5, 0.6) is 0 Å². The first kappa shape index (κ1) is 12.8. The van der Waals surface area contributed by atoms with Crippen molar-refractivity contribution in [1.29, 1.82) is 0 Å². The zero-order valence-corrected chi connectivity index (χ0v) is 9.73. The van der Waals surface area contributed by atoms with Gasteiger partial charge in [0.25, 0.3) is 0 Å². The lowest BCUT2D eigenvalue weighted by atomic mass is 10.1. The van der Waals surface area contributed by atoms with Crippen molar-refractivity contribution in [1.82, 2.24) is 0 Å². The predicted molar refractivity (Wildman–Crippen MR) is 59.4 cm³/mol. The van der Waals surface area contributed by atoms with Gasteiger partial charge in [0.05, 0.1) is 6.26 Å². The smallest absolute Gasteiger partial charge is 0.339 e. The lowest BCUT2D eigenvalue weighted by Crippen LogP contribution is -2.07. The summed E-state index contributed by atoms with van der Waals surface area (Å²) in [5.41, 5.74) is 0.183. The lowest BCUT2D eigenvalue weighted by Gasteiger charge is -2.09. The zero-order chi connectivity index (χ0) is 12.0. The number of hydrogen-bond donors (Lipinski definition) is 1. The maximum atomic E-state index is 10.8. The molecule has 0 saturated heterocycles. The van der Waals surface area contributed by atoms with Crippen LogP contribution in [0.25, 0.3) is 0 Å². The molecule has 0 amide bonds. The molecule has 1 aromatic rings. The molecular weight excluding hydrogens is 208 g/mol. The first-order valence-corrected chi connectivity index (χ1v) is 5.52. The van der Waals surface area contributed by atoms with Gasteiger partial charge < -0.3 is 14.3 Å². The van der Waals surface area contributed by atoms with Crippen LogP contribution in [0.4, 0.5) is 0 Å². The van der Waals surface area contributed by atoms with Crippen LogP contribution in [0.15, 0.2) is 16.7 Å². The van der Waals surface area contributed by atoms with Gasteiger partial charge >= 0.3 is 5.97 Å². The summed E-state index contributed by atoms with van der Waals surface area (Å²) in [6.45, 7) is 5.10.